The van der Waals surface area contributed by atoms with Gasteiger partial charge in [-0.2, -0.15) is 0 Å². The molecule has 4 N–H and O–H groups in total. The largest absolute Gasteiger partial charge is 0.368 e. The van der Waals surface area contributed by atoms with Crippen molar-refractivity contribution in [3.05, 3.63) is 64.7 Å². The molecule has 28 heavy (non-hydrogen) atoms. The fourth-order valence-electron chi connectivity index (χ4n) is 2.53. The summed E-state index contributed by atoms with van der Waals surface area (Å²) in [6.07, 6.45) is 0.201. The number of amides is 2. The number of sulfonamides is 1. The predicted octanol–water partition coefficient (Wildman–Crippen LogP) is 1.85. The van der Waals surface area contributed by atoms with Crippen LogP contribution in [0.1, 0.15) is 29.8 Å². The van der Waals surface area contributed by atoms with Gasteiger partial charge in [-0.05, 0) is 37.6 Å². The van der Waals surface area contributed by atoms with Crippen molar-refractivity contribution in [2.45, 2.75) is 37.2 Å². The maximum atomic E-state index is 12.7. The molecular formula is C19H22ClN3O4S. The minimum absolute atomic E-state index is 0.0592. The van der Waals surface area contributed by atoms with E-state index in [2.05, 4.69) is 10.0 Å². The van der Waals surface area contributed by atoms with E-state index in [9.17, 15) is 18.0 Å². The molecule has 0 aliphatic carbocycles. The van der Waals surface area contributed by atoms with Gasteiger partial charge >= 0.3 is 0 Å². The highest BCUT2D eigenvalue weighted by molar-refractivity contribution is 7.89. The van der Waals surface area contributed by atoms with Crippen LogP contribution in [0.5, 0.6) is 0 Å². The third kappa shape index (κ3) is 5.79. The zero-order valence-corrected chi connectivity index (χ0v) is 17.0. The molecule has 0 bridgehead atoms. The van der Waals surface area contributed by atoms with Crippen molar-refractivity contribution in [2.75, 3.05) is 0 Å². The van der Waals surface area contributed by atoms with Gasteiger partial charge in [-0.25, -0.2) is 13.1 Å². The number of hydrogen-bond acceptors (Lipinski definition) is 4. The molecule has 9 heteroatoms. The Balaban J connectivity index is 2.27. The summed E-state index contributed by atoms with van der Waals surface area (Å²) in [6.45, 7) is 3.37. The van der Waals surface area contributed by atoms with E-state index in [1.807, 2.05) is 18.2 Å². The van der Waals surface area contributed by atoms with Gasteiger partial charge in [-0.15, -0.1) is 0 Å². The first-order valence-corrected chi connectivity index (χ1v) is 10.4. The van der Waals surface area contributed by atoms with E-state index in [0.29, 0.717) is 0 Å². The molecule has 150 valence electrons. The molecule has 1 unspecified atom stereocenters. The highest BCUT2D eigenvalue weighted by atomic mass is 35.5. The standard InChI is InChI=1S/C19H22ClN3O4S/c1-12(2)23-28(26,27)14-8-9-16(20)15(11-14)19(25)22-17(18(21)24)10-13-6-4-3-5-7-13/h3-9,11-12,17,23H,10H2,1-2H3,(H2,21,24)(H,22,25). The van der Waals surface area contributed by atoms with Crippen molar-refractivity contribution in [1.29, 1.82) is 0 Å². The van der Waals surface area contributed by atoms with Crippen molar-refractivity contribution in [3.63, 3.8) is 0 Å². The van der Waals surface area contributed by atoms with Crippen LogP contribution in [0.2, 0.25) is 5.02 Å². The lowest BCUT2D eigenvalue weighted by atomic mass is 10.0. The molecule has 0 aliphatic heterocycles. The highest BCUT2D eigenvalue weighted by Crippen LogP contribution is 2.21. The van der Waals surface area contributed by atoms with E-state index in [1.165, 1.54) is 18.2 Å². The summed E-state index contributed by atoms with van der Waals surface area (Å²) in [5, 5.41) is 2.59. The molecule has 0 radical (unpaired) electrons. The normalized spacial score (nSPS) is 12.6. The van der Waals surface area contributed by atoms with Gasteiger partial charge in [0.25, 0.3) is 5.91 Å². The molecule has 0 saturated heterocycles. The van der Waals surface area contributed by atoms with E-state index in [0.717, 1.165) is 5.56 Å². The molecule has 0 spiro atoms. The number of halogens is 1. The summed E-state index contributed by atoms with van der Waals surface area (Å²) in [6, 6.07) is 11.6. The van der Waals surface area contributed by atoms with Gasteiger partial charge in [-0.1, -0.05) is 41.9 Å². The number of carbonyl (C=O) groups excluding carboxylic acids is 2. The van der Waals surface area contributed by atoms with Crippen LogP contribution in [0.3, 0.4) is 0 Å². The van der Waals surface area contributed by atoms with Crippen LogP contribution < -0.4 is 15.8 Å². The Labute approximate surface area is 169 Å². The maximum absolute atomic E-state index is 12.7. The average Bonchev–Trinajstić information content (AvgIpc) is 2.61. The number of carbonyl (C=O) groups is 2. The van der Waals surface area contributed by atoms with Gasteiger partial charge in [0.1, 0.15) is 6.04 Å². The van der Waals surface area contributed by atoms with Crippen LogP contribution in [0.25, 0.3) is 0 Å². The SMILES string of the molecule is CC(C)NS(=O)(=O)c1ccc(Cl)c(C(=O)NC(Cc2ccccc2)C(N)=O)c1. The van der Waals surface area contributed by atoms with Gasteiger partial charge < -0.3 is 11.1 Å². The van der Waals surface area contributed by atoms with E-state index < -0.39 is 27.9 Å². The number of rotatable bonds is 8. The number of nitrogens with one attached hydrogen (secondary N) is 2. The first-order chi connectivity index (χ1) is 13.1. The lowest BCUT2D eigenvalue weighted by Crippen LogP contribution is -2.46. The Bertz CT molecular complexity index is 962. The fourth-order valence-corrected chi connectivity index (χ4v) is 4.01. The molecule has 2 amide bonds. The van der Waals surface area contributed by atoms with E-state index >= 15 is 0 Å². The molecular weight excluding hydrogens is 402 g/mol. The molecule has 2 rings (SSSR count). The average molecular weight is 424 g/mol. The zero-order valence-electron chi connectivity index (χ0n) is 15.5. The Morgan fingerprint density at radius 2 is 1.75 bits per heavy atom. The number of nitrogens with two attached hydrogens (primary N) is 1. The molecule has 7 nitrogen and oxygen atoms in total. The third-order valence-electron chi connectivity index (χ3n) is 3.82. The van der Waals surface area contributed by atoms with Gasteiger partial charge in [-0.3, -0.25) is 9.59 Å². The molecule has 0 saturated carbocycles. The topological polar surface area (TPSA) is 118 Å². The van der Waals surface area contributed by atoms with E-state index in [-0.39, 0.29) is 27.9 Å². The molecule has 0 aliphatic rings. The molecule has 2 aromatic rings. The Morgan fingerprint density at radius 3 is 2.32 bits per heavy atom. The summed E-state index contributed by atoms with van der Waals surface area (Å²) in [4.78, 5) is 24.3. The highest BCUT2D eigenvalue weighted by Gasteiger charge is 2.23. The van der Waals surface area contributed by atoms with Gasteiger partial charge in [0, 0.05) is 12.5 Å². The monoisotopic (exact) mass is 423 g/mol. The van der Waals surface area contributed by atoms with E-state index in [4.69, 9.17) is 17.3 Å². The van der Waals surface area contributed by atoms with Crippen molar-refractivity contribution >= 4 is 33.4 Å². The summed E-state index contributed by atoms with van der Waals surface area (Å²) in [7, 11) is -3.81. The molecule has 0 fully saturated rings. The van der Waals surface area contributed by atoms with E-state index in [1.54, 1.807) is 26.0 Å². The zero-order chi connectivity index (χ0) is 20.9. The Hall–Kier alpha value is -2.42. The summed E-state index contributed by atoms with van der Waals surface area (Å²) in [5.41, 5.74) is 6.16. The van der Waals surface area contributed by atoms with Gasteiger partial charge in [0.15, 0.2) is 0 Å². The van der Waals surface area contributed by atoms with Crippen LogP contribution in [0, 0.1) is 0 Å². The first kappa shape index (κ1) is 21.9. The second-order valence-corrected chi connectivity index (χ2v) is 8.66. The fraction of sp³-hybridized carbons (Fsp3) is 0.263. The second kappa shape index (κ2) is 9.18. The number of primary amides is 1. The van der Waals surface area contributed by atoms with Gasteiger partial charge in [0.05, 0.1) is 15.5 Å². The van der Waals surface area contributed by atoms with Crippen LogP contribution >= 0.6 is 11.6 Å². The quantitative estimate of drug-likeness (QED) is 0.600. The van der Waals surface area contributed by atoms with Crippen molar-refractivity contribution in [1.82, 2.24) is 10.0 Å². The first-order valence-electron chi connectivity index (χ1n) is 8.56. The minimum atomic E-state index is -3.81. The third-order valence-corrected chi connectivity index (χ3v) is 5.80. The maximum Gasteiger partial charge on any atom is 0.253 e. The predicted molar refractivity (Wildman–Crippen MR) is 108 cm³/mol. The Morgan fingerprint density at radius 1 is 1.11 bits per heavy atom. The molecule has 0 heterocycles. The van der Waals surface area contributed by atoms with Gasteiger partial charge in [0.2, 0.25) is 15.9 Å². The molecule has 2 aromatic carbocycles. The van der Waals surface area contributed by atoms with Crippen molar-refractivity contribution in [3.8, 4) is 0 Å². The van der Waals surface area contributed by atoms with Crippen molar-refractivity contribution < 1.29 is 18.0 Å². The van der Waals surface area contributed by atoms with Crippen molar-refractivity contribution in [2.24, 2.45) is 5.73 Å². The van der Waals surface area contributed by atoms with Crippen LogP contribution in [-0.4, -0.2) is 32.3 Å². The lowest BCUT2D eigenvalue weighted by Gasteiger charge is -2.17. The second-order valence-electron chi connectivity index (χ2n) is 6.54. The van der Waals surface area contributed by atoms with Crippen LogP contribution in [0.15, 0.2) is 53.4 Å². The van der Waals surface area contributed by atoms with Crippen LogP contribution in [-0.2, 0) is 21.2 Å². The number of hydrogen-bond donors (Lipinski definition) is 3. The smallest absolute Gasteiger partial charge is 0.253 e. The number of benzene rings is 2. The summed E-state index contributed by atoms with van der Waals surface area (Å²) >= 11 is 6.08. The molecule has 0 aromatic heterocycles. The van der Waals surface area contributed by atoms with Crippen LogP contribution in [0.4, 0.5) is 0 Å². The summed E-state index contributed by atoms with van der Waals surface area (Å²) in [5.74, 6) is -1.40. The molecule has 1 atom stereocenters. The Kier molecular flexibility index (Phi) is 7.17. The minimum Gasteiger partial charge on any atom is -0.368 e. The summed E-state index contributed by atoms with van der Waals surface area (Å²) < 4.78 is 27.1. The lowest BCUT2D eigenvalue weighted by molar-refractivity contribution is -0.119.